The molecule has 1 aromatic rings. The highest BCUT2D eigenvalue weighted by Crippen LogP contribution is 2.19. The summed E-state index contributed by atoms with van der Waals surface area (Å²) in [5, 5.41) is 2.78. The number of amides is 1. The number of rotatable bonds is 10. The molecule has 0 unspecified atom stereocenters. The van der Waals surface area contributed by atoms with E-state index in [-0.39, 0.29) is 24.7 Å². The largest absolute Gasteiger partial charge is 0.356 e. The highest BCUT2D eigenvalue weighted by atomic mass is 32.2. The molecule has 0 bridgehead atoms. The summed E-state index contributed by atoms with van der Waals surface area (Å²) >= 11 is 0. The van der Waals surface area contributed by atoms with E-state index in [0.29, 0.717) is 17.8 Å². The van der Waals surface area contributed by atoms with Gasteiger partial charge in [-0.05, 0) is 46.1 Å². The molecule has 0 aromatic heterocycles. The highest BCUT2D eigenvalue weighted by molar-refractivity contribution is 7.92. The van der Waals surface area contributed by atoms with Gasteiger partial charge in [-0.15, -0.1) is 0 Å². The molecule has 1 N–H and O–H groups in total. The first-order valence-electron chi connectivity index (χ1n) is 8.11. The van der Waals surface area contributed by atoms with Crippen molar-refractivity contribution in [1.82, 2.24) is 10.2 Å². The molecule has 1 amide bonds. The van der Waals surface area contributed by atoms with E-state index in [9.17, 15) is 18.0 Å². The Balaban J connectivity index is 2.71. The molecule has 0 saturated heterocycles. The molecule has 0 saturated carbocycles. The van der Waals surface area contributed by atoms with E-state index in [1.54, 1.807) is 18.2 Å². The average molecular weight is 369 g/mol. The molecule has 0 aliphatic rings. The molecule has 0 atom stereocenters. The van der Waals surface area contributed by atoms with Crippen LogP contribution in [0.15, 0.2) is 24.3 Å². The zero-order chi connectivity index (χ0) is 19.0. The van der Waals surface area contributed by atoms with Crippen molar-refractivity contribution < 1.29 is 18.0 Å². The lowest BCUT2D eigenvalue weighted by Gasteiger charge is -2.22. The Hall–Kier alpha value is -1.93. The van der Waals surface area contributed by atoms with Crippen LogP contribution in [-0.2, 0) is 14.8 Å². The van der Waals surface area contributed by atoms with E-state index in [0.717, 1.165) is 23.5 Å². The van der Waals surface area contributed by atoms with Gasteiger partial charge in [-0.25, -0.2) is 8.42 Å². The van der Waals surface area contributed by atoms with Gasteiger partial charge in [0.1, 0.15) is 0 Å². The number of carbonyl (C=O) groups is 2. The molecule has 0 heterocycles. The maximum Gasteiger partial charge on any atom is 0.232 e. The summed E-state index contributed by atoms with van der Waals surface area (Å²) in [5.41, 5.74) is 0.815. The summed E-state index contributed by atoms with van der Waals surface area (Å²) in [6.07, 6.45) is 1.97. The van der Waals surface area contributed by atoms with E-state index in [2.05, 4.69) is 5.32 Å². The fraction of sp³-hybridized carbons (Fsp3) is 0.529. The number of sulfonamides is 1. The molecule has 1 rings (SSSR count). The van der Waals surface area contributed by atoms with Gasteiger partial charge in [0, 0.05) is 25.1 Å². The minimum Gasteiger partial charge on any atom is -0.356 e. The van der Waals surface area contributed by atoms with Crippen molar-refractivity contribution in [2.75, 3.05) is 44.3 Å². The van der Waals surface area contributed by atoms with Crippen LogP contribution in [0.1, 0.15) is 30.1 Å². The minimum atomic E-state index is -3.56. The molecule has 140 valence electrons. The van der Waals surface area contributed by atoms with Gasteiger partial charge in [0.05, 0.1) is 11.9 Å². The Kier molecular flexibility index (Phi) is 8.05. The Morgan fingerprint density at radius 3 is 2.40 bits per heavy atom. The monoisotopic (exact) mass is 369 g/mol. The van der Waals surface area contributed by atoms with Crippen molar-refractivity contribution in [2.24, 2.45) is 0 Å². The normalized spacial score (nSPS) is 11.4. The van der Waals surface area contributed by atoms with Crippen LogP contribution in [0.2, 0.25) is 0 Å². The predicted octanol–water partition coefficient (Wildman–Crippen LogP) is 1.11. The van der Waals surface area contributed by atoms with Gasteiger partial charge in [0.15, 0.2) is 5.78 Å². The lowest BCUT2D eigenvalue weighted by molar-refractivity contribution is -0.120. The number of hydrogen-bond acceptors (Lipinski definition) is 5. The number of hydrogen-bond donors (Lipinski definition) is 1. The number of nitrogens with zero attached hydrogens (tertiary/aromatic N) is 2. The first-order valence-corrected chi connectivity index (χ1v) is 9.96. The zero-order valence-corrected chi connectivity index (χ0v) is 16.1. The van der Waals surface area contributed by atoms with Crippen LogP contribution in [0.25, 0.3) is 0 Å². The van der Waals surface area contributed by atoms with Crippen LogP contribution in [-0.4, -0.2) is 65.0 Å². The Labute approximate surface area is 150 Å². The van der Waals surface area contributed by atoms with Gasteiger partial charge in [0.25, 0.3) is 0 Å². The van der Waals surface area contributed by atoms with Crippen LogP contribution < -0.4 is 9.62 Å². The molecular weight excluding hydrogens is 342 g/mol. The maximum absolute atomic E-state index is 12.1. The Bertz CT molecular complexity index is 702. The average Bonchev–Trinajstić information content (AvgIpc) is 2.50. The Morgan fingerprint density at radius 2 is 1.84 bits per heavy atom. The number of ketones is 1. The summed E-state index contributed by atoms with van der Waals surface area (Å²) in [5.74, 6) is -0.343. The standard InChI is InChI=1S/C17H27N3O4S/c1-14(21)15-7-5-8-16(13-15)20(25(4,23)24)12-9-17(22)18-10-6-11-19(2)3/h5,7-8,13H,6,9-12H2,1-4H3,(H,18,22). The summed E-state index contributed by atoms with van der Waals surface area (Å²) in [4.78, 5) is 25.4. The van der Waals surface area contributed by atoms with E-state index in [1.807, 2.05) is 19.0 Å². The minimum absolute atomic E-state index is 0.0275. The van der Waals surface area contributed by atoms with Crippen LogP contribution in [0.3, 0.4) is 0 Å². The van der Waals surface area contributed by atoms with Gasteiger partial charge in [-0.1, -0.05) is 12.1 Å². The predicted molar refractivity (Wildman–Crippen MR) is 99.4 cm³/mol. The van der Waals surface area contributed by atoms with Crippen LogP contribution in [0.5, 0.6) is 0 Å². The molecule has 7 nitrogen and oxygen atoms in total. The van der Waals surface area contributed by atoms with Crippen LogP contribution in [0, 0.1) is 0 Å². The number of benzene rings is 1. The quantitative estimate of drug-likeness (QED) is 0.493. The van der Waals surface area contributed by atoms with Gasteiger partial charge in [0.2, 0.25) is 15.9 Å². The molecule has 1 aromatic carbocycles. The fourth-order valence-corrected chi connectivity index (χ4v) is 3.20. The number of nitrogens with one attached hydrogen (secondary N) is 1. The summed E-state index contributed by atoms with van der Waals surface area (Å²) in [7, 11) is 0.361. The molecule has 25 heavy (non-hydrogen) atoms. The molecule has 0 radical (unpaired) electrons. The lowest BCUT2D eigenvalue weighted by atomic mass is 10.1. The van der Waals surface area contributed by atoms with Crippen molar-refractivity contribution in [3.63, 3.8) is 0 Å². The summed E-state index contributed by atoms with van der Waals surface area (Å²) in [6.45, 7) is 2.87. The van der Waals surface area contributed by atoms with Gasteiger partial charge in [-0.2, -0.15) is 0 Å². The molecule has 0 spiro atoms. The highest BCUT2D eigenvalue weighted by Gasteiger charge is 2.19. The van der Waals surface area contributed by atoms with Crippen LogP contribution in [0.4, 0.5) is 5.69 Å². The Morgan fingerprint density at radius 1 is 1.16 bits per heavy atom. The first-order chi connectivity index (χ1) is 11.6. The van der Waals surface area contributed by atoms with Gasteiger partial charge in [-0.3, -0.25) is 13.9 Å². The summed E-state index contributed by atoms with van der Waals surface area (Å²) in [6, 6.07) is 6.40. The molecule has 0 aliphatic heterocycles. The first kappa shape index (κ1) is 21.1. The topological polar surface area (TPSA) is 86.8 Å². The number of carbonyl (C=O) groups excluding carboxylic acids is 2. The van der Waals surface area contributed by atoms with Crippen LogP contribution >= 0.6 is 0 Å². The smallest absolute Gasteiger partial charge is 0.232 e. The molecule has 8 heteroatoms. The van der Waals surface area contributed by atoms with Crippen molar-refractivity contribution in [1.29, 1.82) is 0 Å². The lowest BCUT2D eigenvalue weighted by Crippen LogP contribution is -2.35. The second kappa shape index (κ2) is 9.53. The third kappa shape index (κ3) is 7.66. The van der Waals surface area contributed by atoms with Crippen molar-refractivity contribution >= 4 is 27.4 Å². The number of anilines is 1. The van der Waals surface area contributed by atoms with E-state index >= 15 is 0 Å². The maximum atomic E-state index is 12.1. The van der Waals surface area contributed by atoms with E-state index in [1.165, 1.54) is 13.0 Å². The molecule has 0 aliphatic carbocycles. The second-order valence-corrected chi connectivity index (χ2v) is 8.11. The van der Waals surface area contributed by atoms with Gasteiger partial charge >= 0.3 is 0 Å². The third-order valence-electron chi connectivity index (χ3n) is 3.59. The summed E-state index contributed by atoms with van der Waals surface area (Å²) < 4.78 is 25.3. The van der Waals surface area contributed by atoms with E-state index in [4.69, 9.17) is 0 Å². The van der Waals surface area contributed by atoms with E-state index < -0.39 is 10.0 Å². The second-order valence-electron chi connectivity index (χ2n) is 6.20. The zero-order valence-electron chi connectivity index (χ0n) is 15.3. The van der Waals surface area contributed by atoms with Crippen molar-refractivity contribution in [2.45, 2.75) is 19.8 Å². The fourth-order valence-electron chi connectivity index (χ4n) is 2.28. The van der Waals surface area contributed by atoms with Crippen molar-refractivity contribution in [3.8, 4) is 0 Å². The molecular formula is C17H27N3O4S. The molecule has 0 fully saturated rings. The van der Waals surface area contributed by atoms with Crippen molar-refractivity contribution in [3.05, 3.63) is 29.8 Å². The number of Topliss-reactive ketones (excluding diaryl/α,β-unsaturated/α-hetero) is 1. The van der Waals surface area contributed by atoms with Gasteiger partial charge < -0.3 is 10.2 Å². The third-order valence-corrected chi connectivity index (χ3v) is 4.78. The SMILES string of the molecule is CC(=O)c1cccc(N(CCC(=O)NCCCN(C)C)S(C)(=O)=O)c1.